The number of fused-ring (bicyclic) bond motifs is 2. The van der Waals surface area contributed by atoms with Gasteiger partial charge in [-0.15, -0.1) is 0 Å². The third-order valence-corrected chi connectivity index (χ3v) is 3.67. The van der Waals surface area contributed by atoms with Crippen molar-refractivity contribution in [2.75, 3.05) is 13.2 Å². The van der Waals surface area contributed by atoms with Crippen LogP contribution in [-0.4, -0.2) is 22.7 Å². The smallest absolute Gasteiger partial charge is 0.261 e. The molecule has 0 fully saturated rings. The molecule has 0 aliphatic carbocycles. The summed E-state index contributed by atoms with van der Waals surface area (Å²) in [5, 5.41) is 0.630. The molecule has 20 heavy (non-hydrogen) atoms. The van der Waals surface area contributed by atoms with E-state index in [1.165, 1.54) is 0 Å². The molecular formula is C15H19N3O2. The Morgan fingerprint density at radius 1 is 1.30 bits per heavy atom. The van der Waals surface area contributed by atoms with Crippen LogP contribution in [-0.2, 0) is 13.0 Å². The van der Waals surface area contributed by atoms with Gasteiger partial charge in [-0.1, -0.05) is 6.42 Å². The highest BCUT2D eigenvalue weighted by atomic mass is 16.5. The third-order valence-electron chi connectivity index (χ3n) is 3.67. The molecule has 0 saturated heterocycles. The molecule has 2 aromatic rings. The van der Waals surface area contributed by atoms with Crippen LogP contribution in [0.25, 0.3) is 10.9 Å². The van der Waals surface area contributed by atoms with Crippen LogP contribution in [0.4, 0.5) is 0 Å². The molecule has 0 atom stereocenters. The normalized spacial score (nSPS) is 14.8. The van der Waals surface area contributed by atoms with Gasteiger partial charge in [0, 0.05) is 19.5 Å². The lowest BCUT2D eigenvalue weighted by molar-refractivity contribution is 0.328. The van der Waals surface area contributed by atoms with Gasteiger partial charge in [0.1, 0.15) is 18.2 Å². The van der Waals surface area contributed by atoms with E-state index < -0.39 is 0 Å². The van der Waals surface area contributed by atoms with Crippen LogP contribution >= 0.6 is 0 Å². The van der Waals surface area contributed by atoms with Gasteiger partial charge in [0.05, 0.1) is 10.9 Å². The number of nitrogens with two attached hydrogens (primary N) is 1. The van der Waals surface area contributed by atoms with E-state index in [1.807, 2.05) is 16.7 Å². The zero-order chi connectivity index (χ0) is 13.9. The number of rotatable bonds is 3. The van der Waals surface area contributed by atoms with E-state index in [9.17, 15) is 4.79 Å². The maximum absolute atomic E-state index is 12.6. The van der Waals surface area contributed by atoms with E-state index >= 15 is 0 Å². The topological polar surface area (TPSA) is 70.1 Å². The Hall–Kier alpha value is -1.88. The third kappa shape index (κ3) is 2.41. The number of hydrogen-bond donors (Lipinski definition) is 1. The molecule has 2 heterocycles. The Bertz CT molecular complexity index is 679. The molecule has 0 spiro atoms. The van der Waals surface area contributed by atoms with E-state index in [2.05, 4.69) is 4.98 Å². The van der Waals surface area contributed by atoms with Gasteiger partial charge in [0.15, 0.2) is 0 Å². The first-order valence-electron chi connectivity index (χ1n) is 7.16. The second-order valence-electron chi connectivity index (χ2n) is 5.11. The van der Waals surface area contributed by atoms with Gasteiger partial charge >= 0.3 is 0 Å². The van der Waals surface area contributed by atoms with Gasteiger partial charge < -0.3 is 10.5 Å². The molecule has 0 amide bonds. The summed E-state index contributed by atoms with van der Waals surface area (Å²) in [5.74, 6) is 1.59. The van der Waals surface area contributed by atoms with Crippen molar-refractivity contribution < 1.29 is 4.74 Å². The summed E-state index contributed by atoms with van der Waals surface area (Å²) in [7, 11) is 0. The summed E-state index contributed by atoms with van der Waals surface area (Å²) >= 11 is 0. The number of ether oxygens (including phenoxy) is 1. The lowest BCUT2D eigenvalue weighted by Gasteiger charge is -2.11. The quantitative estimate of drug-likeness (QED) is 0.919. The van der Waals surface area contributed by atoms with Gasteiger partial charge in [-0.25, -0.2) is 4.98 Å². The van der Waals surface area contributed by atoms with Crippen molar-refractivity contribution in [3.63, 3.8) is 0 Å². The summed E-state index contributed by atoms with van der Waals surface area (Å²) in [6.07, 6.45) is 4.19. The molecule has 5 nitrogen and oxygen atoms in total. The molecule has 0 saturated carbocycles. The zero-order valence-corrected chi connectivity index (χ0v) is 11.5. The minimum atomic E-state index is 0.0464. The van der Waals surface area contributed by atoms with E-state index in [1.54, 1.807) is 6.07 Å². The number of nitrogens with zero attached hydrogens (tertiary/aromatic N) is 2. The minimum absolute atomic E-state index is 0.0464. The Kier molecular flexibility index (Phi) is 3.69. The summed E-state index contributed by atoms with van der Waals surface area (Å²) in [6, 6.07) is 5.48. The lowest BCUT2D eigenvalue weighted by atomic mass is 10.2. The van der Waals surface area contributed by atoms with Crippen LogP contribution in [0.3, 0.4) is 0 Å². The summed E-state index contributed by atoms with van der Waals surface area (Å²) < 4.78 is 7.31. The van der Waals surface area contributed by atoms with E-state index in [4.69, 9.17) is 10.5 Å². The molecular weight excluding hydrogens is 254 g/mol. The van der Waals surface area contributed by atoms with Crippen LogP contribution in [0.5, 0.6) is 5.75 Å². The highest BCUT2D eigenvalue weighted by Gasteiger charge is 2.14. The average Bonchev–Trinajstić information content (AvgIpc) is 2.71. The second-order valence-corrected chi connectivity index (χ2v) is 5.11. The highest BCUT2D eigenvalue weighted by Crippen LogP contribution is 2.19. The van der Waals surface area contributed by atoms with Crippen molar-refractivity contribution in [1.82, 2.24) is 9.55 Å². The van der Waals surface area contributed by atoms with Crippen molar-refractivity contribution in [3.8, 4) is 5.75 Å². The monoisotopic (exact) mass is 273 g/mol. The summed E-state index contributed by atoms with van der Waals surface area (Å²) in [6.45, 7) is 1.68. The highest BCUT2D eigenvalue weighted by molar-refractivity contribution is 5.79. The SMILES string of the molecule is NCCOc1ccc2nc3n(c(=O)c2c1)CCCCC3. The lowest BCUT2D eigenvalue weighted by Crippen LogP contribution is -2.24. The first-order chi connectivity index (χ1) is 9.79. The van der Waals surface area contributed by atoms with Crippen LogP contribution in [0.2, 0.25) is 0 Å². The molecule has 1 aromatic heterocycles. The largest absolute Gasteiger partial charge is 0.492 e. The molecule has 3 rings (SSSR count). The molecule has 5 heteroatoms. The van der Waals surface area contributed by atoms with Gasteiger partial charge in [-0.3, -0.25) is 9.36 Å². The number of hydrogen-bond acceptors (Lipinski definition) is 4. The Labute approximate surface area is 117 Å². The van der Waals surface area contributed by atoms with E-state index in [0.717, 1.165) is 43.6 Å². The minimum Gasteiger partial charge on any atom is -0.492 e. The Morgan fingerprint density at radius 3 is 3.05 bits per heavy atom. The zero-order valence-electron chi connectivity index (χ0n) is 11.5. The van der Waals surface area contributed by atoms with Crippen LogP contribution in [0.1, 0.15) is 25.1 Å². The molecule has 0 bridgehead atoms. The fourth-order valence-electron chi connectivity index (χ4n) is 2.66. The molecule has 1 aliphatic rings. The first kappa shape index (κ1) is 13.1. The summed E-state index contributed by atoms with van der Waals surface area (Å²) in [4.78, 5) is 17.2. The fourth-order valence-corrected chi connectivity index (χ4v) is 2.66. The molecule has 2 N–H and O–H groups in total. The average molecular weight is 273 g/mol. The van der Waals surface area contributed by atoms with Crippen molar-refractivity contribution in [3.05, 3.63) is 34.4 Å². The van der Waals surface area contributed by atoms with E-state index in [-0.39, 0.29) is 5.56 Å². The summed E-state index contributed by atoms with van der Waals surface area (Å²) in [5.41, 5.74) is 6.22. The number of aryl methyl sites for hydroxylation is 1. The van der Waals surface area contributed by atoms with Crippen molar-refractivity contribution >= 4 is 10.9 Å². The van der Waals surface area contributed by atoms with E-state index in [0.29, 0.717) is 24.3 Å². The molecule has 0 radical (unpaired) electrons. The van der Waals surface area contributed by atoms with Gasteiger partial charge in [0.25, 0.3) is 5.56 Å². The first-order valence-corrected chi connectivity index (χ1v) is 7.16. The number of aromatic nitrogens is 2. The Balaban J connectivity index is 2.10. The predicted octanol–water partition coefficient (Wildman–Crippen LogP) is 1.46. The van der Waals surface area contributed by atoms with Crippen molar-refractivity contribution in [1.29, 1.82) is 0 Å². The van der Waals surface area contributed by atoms with Gasteiger partial charge in [-0.05, 0) is 31.0 Å². The fraction of sp³-hybridized carbons (Fsp3) is 0.467. The van der Waals surface area contributed by atoms with Crippen LogP contribution in [0.15, 0.2) is 23.0 Å². The van der Waals surface area contributed by atoms with Gasteiger partial charge in [-0.2, -0.15) is 0 Å². The molecule has 106 valence electrons. The van der Waals surface area contributed by atoms with Crippen molar-refractivity contribution in [2.45, 2.75) is 32.2 Å². The second kappa shape index (κ2) is 5.63. The van der Waals surface area contributed by atoms with Crippen molar-refractivity contribution in [2.24, 2.45) is 5.73 Å². The number of benzene rings is 1. The maximum Gasteiger partial charge on any atom is 0.261 e. The van der Waals surface area contributed by atoms with Gasteiger partial charge in [0.2, 0.25) is 0 Å². The predicted molar refractivity (Wildman–Crippen MR) is 78.1 cm³/mol. The maximum atomic E-state index is 12.6. The van der Waals surface area contributed by atoms with Crippen LogP contribution < -0.4 is 16.0 Å². The molecule has 1 aliphatic heterocycles. The Morgan fingerprint density at radius 2 is 2.20 bits per heavy atom. The molecule has 0 unspecified atom stereocenters. The molecule has 1 aromatic carbocycles. The standard InChI is InChI=1S/C15H19N3O2/c16-7-9-20-11-5-6-13-12(10-11)15(19)18-8-3-1-2-4-14(18)17-13/h5-6,10H,1-4,7-9,16H2. The van der Waals surface area contributed by atoms with Crippen LogP contribution in [0, 0.1) is 0 Å².